The Morgan fingerprint density at radius 1 is 1.43 bits per heavy atom. The van der Waals surface area contributed by atoms with Gasteiger partial charge in [0.05, 0.1) is 24.0 Å². The number of fused-ring (bicyclic) bond motifs is 1. The summed E-state index contributed by atoms with van der Waals surface area (Å²) in [5.74, 6) is 0. The molecule has 0 saturated carbocycles. The fourth-order valence-corrected chi connectivity index (χ4v) is 3.80. The van der Waals surface area contributed by atoms with Crippen LogP contribution in [0, 0.1) is 0 Å². The maximum absolute atomic E-state index is 12.4. The van der Waals surface area contributed by atoms with Gasteiger partial charge in [0.25, 0.3) is 0 Å². The second kappa shape index (κ2) is 7.08. The van der Waals surface area contributed by atoms with Gasteiger partial charge in [0, 0.05) is 4.90 Å². The molecule has 2 atom stereocenters. The maximum Gasteiger partial charge on any atom is 0.315 e. The van der Waals surface area contributed by atoms with Crippen molar-refractivity contribution >= 4 is 17.8 Å². The van der Waals surface area contributed by atoms with Crippen molar-refractivity contribution in [1.29, 1.82) is 0 Å². The van der Waals surface area contributed by atoms with Crippen LogP contribution in [0.4, 0.5) is 4.79 Å². The molecule has 0 aliphatic heterocycles. The molecule has 23 heavy (non-hydrogen) atoms. The van der Waals surface area contributed by atoms with Crippen LogP contribution < -0.4 is 10.6 Å². The van der Waals surface area contributed by atoms with Gasteiger partial charge in [-0.3, -0.25) is 5.10 Å². The van der Waals surface area contributed by atoms with Crippen molar-refractivity contribution in [1.82, 2.24) is 20.8 Å². The lowest BCUT2D eigenvalue weighted by Crippen LogP contribution is -2.40. The van der Waals surface area contributed by atoms with Crippen molar-refractivity contribution in [2.45, 2.75) is 43.2 Å². The molecule has 1 aliphatic rings. The van der Waals surface area contributed by atoms with Crippen LogP contribution in [-0.4, -0.2) is 22.5 Å². The first-order valence-corrected chi connectivity index (χ1v) is 9.13. The molecule has 3 rings (SSSR count). The molecule has 122 valence electrons. The number of carbonyl (C=O) groups excluding carboxylic acids is 1. The van der Waals surface area contributed by atoms with Crippen LogP contribution in [0.5, 0.6) is 0 Å². The maximum atomic E-state index is 12.4. The van der Waals surface area contributed by atoms with Crippen molar-refractivity contribution < 1.29 is 4.79 Å². The SMILES string of the molecule is CSc1ccccc1[C@H](C)NC(=O)N[C@H]1CCCc2cn[nH]c21. The minimum absolute atomic E-state index is 0.0178. The number of urea groups is 1. The average molecular weight is 330 g/mol. The Kier molecular flexibility index (Phi) is 4.91. The molecule has 2 amide bonds. The number of hydrogen-bond acceptors (Lipinski definition) is 3. The van der Waals surface area contributed by atoms with E-state index in [0.29, 0.717) is 0 Å². The second-order valence-electron chi connectivity index (χ2n) is 5.84. The topological polar surface area (TPSA) is 69.8 Å². The van der Waals surface area contributed by atoms with Gasteiger partial charge in [-0.25, -0.2) is 4.79 Å². The zero-order valence-electron chi connectivity index (χ0n) is 13.4. The van der Waals surface area contributed by atoms with Crippen molar-refractivity contribution in [3.8, 4) is 0 Å². The Morgan fingerprint density at radius 3 is 3.09 bits per heavy atom. The fourth-order valence-electron chi connectivity index (χ4n) is 3.11. The van der Waals surface area contributed by atoms with Gasteiger partial charge in [-0.15, -0.1) is 11.8 Å². The lowest BCUT2D eigenvalue weighted by atomic mass is 9.94. The first kappa shape index (κ1) is 15.9. The Morgan fingerprint density at radius 2 is 2.26 bits per heavy atom. The van der Waals surface area contributed by atoms with Crippen LogP contribution in [0.15, 0.2) is 35.4 Å². The van der Waals surface area contributed by atoms with Crippen molar-refractivity contribution in [2.75, 3.05) is 6.26 Å². The number of nitrogens with one attached hydrogen (secondary N) is 3. The molecule has 0 radical (unpaired) electrons. The van der Waals surface area contributed by atoms with Crippen LogP contribution in [0.3, 0.4) is 0 Å². The van der Waals surface area contributed by atoms with Crippen LogP contribution in [0.2, 0.25) is 0 Å². The van der Waals surface area contributed by atoms with E-state index in [9.17, 15) is 4.79 Å². The number of thioether (sulfide) groups is 1. The zero-order chi connectivity index (χ0) is 16.2. The van der Waals surface area contributed by atoms with E-state index < -0.39 is 0 Å². The van der Waals surface area contributed by atoms with Crippen LogP contribution >= 0.6 is 11.8 Å². The van der Waals surface area contributed by atoms with Crippen LogP contribution in [0.1, 0.15) is 48.7 Å². The van der Waals surface area contributed by atoms with Gasteiger partial charge in [0.15, 0.2) is 0 Å². The third-order valence-corrected chi connectivity index (χ3v) is 5.11. The molecule has 1 aliphatic carbocycles. The van der Waals surface area contributed by atoms with Gasteiger partial charge >= 0.3 is 6.03 Å². The predicted octanol–water partition coefficient (Wildman–Crippen LogP) is 3.57. The molecule has 1 aromatic heterocycles. The number of hydrogen-bond donors (Lipinski definition) is 3. The Hall–Kier alpha value is -1.95. The number of aromatic nitrogens is 2. The Bertz CT molecular complexity index is 685. The molecule has 0 spiro atoms. The normalized spacial score (nSPS) is 18.1. The number of aryl methyl sites for hydroxylation is 1. The highest BCUT2D eigenvalue weighted by Crippen LogP contribution is 2.28. The highest BCUT2D eigenvalue weighted by molar-refractivity contribution is 7.98. The third-order valence-electron chi connectivity index (χ3n) is 4.30. The first-order chi connectivity index (χ1) is 11.2. The van der Waals surface area contributed by atoms with Gasteiger partial charge < -0.3 is 10.6 Å². The summed E-state index contributed by atoms with van der Waals surface area (Å²) in [5, 5.41) is 13.2. The highest BCUT2D eigenvalue weighted by Gasteiger charge is 2.24. The van der Waals surface area contributed by atoms with Crippen molar-refractivity contribution in [2.24, 2.45) is 0 Å². The van der Waals surface area contributed by atoms with E-state index in [1.54, 1.807) is 11.8 Å². The molecule has 0 bridgehead atoms. The Labute approximate surface area is 140 Å². The number of H-pyrrole nitrogens is 1. The molecular formula is C17H22N4OS. The molecule has 0 unspecified atom stereocenters. The summed E-state index contributed by atoms with van der Waals surface area (Å²) in [7, 11) is 0. The molecule has 0 saturated heterocycles. The van der Waals surface area contributed by atoms with E-state index in [0.717, 1.165) is 30.5 Å². The summed E-state index contributed by atoms with van der Waals surface area (Å²) in [6.07, 6.45) is 6.95. The second-order valence-corrected chi connectivity index (χ2v) is 6.68. The van der Waals surface area contributed by atoms with Gasteiger partial charge in [-0.05, 0) is 49.6 Å². The van der Waals surface area contributed by atoms with E-state index in [4.69, 9.17) is 0 Å². The van der Waals surface area contributed by atoms with Gasteiger partial charge in [0.1, 0.15) is 0 Å². The molecule has 3 N–H and O–H groups in total. The summed E-state index contributed by atoms with van der Waals surface area (Å²) in [6, 6.07) is 8.00. The molecule has 6 heteroatoms. The number of amides is 2. The van der Waals surface area contributed by atoms with E-state index in [2.05, 4.69) is 33.0 Å². The third kappa shape index (κ3) is 3.52. The predicted molar refractivity (Wildman–Crippen MR) is 92.6 cm³/mol. The quantitative estimate of drug-likeness (QED) is 0.751. The first-order valence-electron chi connectivity index (χ1n) is 7.91. The van der Waals surface area contributed by atoms with Crippen LogP contribution in [-0.2, 0) is 6.42 Å². The number of benzene rings is 1. The smallest absolute Gasteiger partial charge is 0.315 e. The zero-order valence-corrected chi connectivity index (χ0v) is 14.2. The van der Waals surface area contributed by atoms with E-state index >= 15 is 0 Å². The standard InChI is InChI=1S/C17H22N4OS/c1-11(13-7-3-4-9-15(13)23-2)19-17(22)20-14-8-5-6-12-10-18-21-16(12)14/h3-4,7,9-11,14H,5-6,8H2,1-2H3,(H,18,21)(H2,19,20,22)/t11-,14-/m0/s1. The molecule has 5 nitrogen and oxygen atoms in total. The molecule has 1 heterocycles. The van der Waals surface area contributed by atoms with E-state index in [1.807, 2.05) is 31.5 Å². The number of aromatic amines is 1. The summed E-state index contributed by atoms with van der Waals surface area (Å²) < 4.78 is 0. The molecular weight excluding hydrogens is 308 g/mol. The van der Waals surface area contributed by atoms with E-state index in [1.165, 1.54) is 10.5 Å². The lowest BCUT2D eigenvalue weighted by molar-refractivity contribution is 0.232. The molecule has 1 aromatic carbocycles. The van der Waals surface area contributed by atoms with Gasteiger partial charge in [-0.1, -0.05) is 18.2 Å². The number of rotatable bonds is 4. The number of carbonyl (C=O) groups is 1. The van der Waals surface area contributed by atoms with Gasteiger partial charge in [0.2, 0.25) is 0 Å². The summed E-state index contributed by atoms with van der Waals surface area (Å²) in [4.78, 5) is 13.6. The van der Waals surface area contributed by atoms with Gasteiger partial charge in [-0.2, -0.15) is 5.10 Å². The lowest BCUT2D eigenvalue weighted by Gasteiger charge is -2.24. The minimum atomic E-state index is -0.138. The minimum Gasteiger partial charge on any atom is -0.332 e. The molecule has 2 aromatic rings. The van der Waals surface area contributed by atoms with Crippen molar-refractivity contribution in [3.63, 3.8) is 0 Å². The summed E-state index contributed by atoms with van der Waals surface area (Å²) in [6.45, 7) is 2.01. The Balaban J connectivity index is 1.64. The van der Waals surface area contributed by atoms with Crippen LogP contribution in [0.25, 0.3) is 0 Å². The van der Waals surface area contributed by atoms with Crippen molar-refractivity contribution in [3.05, 3.63) is 47.3 Å². The van der Waals surface area contributed by atoms with E-state index in [-0.39, 0.29) is 18.1 Å². The monoisotopic (exact) mass is 330 g/mol. The summed E-state index contributed by atoms with van der Waals surface area (Å²) in [5.41, 5.74) is 3.40. The number of nitrogens with zero attached hydrogens (tertiary/aromatic N) is 1. The fraction of sp³-hybridized carbons (Fsp3) is 0.412. The largest absolute Gasteiger partial charge is 0.332 e. The average Bonchev–Trinajstić information content (AvgIpc) is 3.04. The molecule has 0 fully saturated rings. The summed E-state index contributed by atoms with van der Waals surface area (Å²) >= 11 is 1.69. The highest BCUT2D eigenvalue weighted by atomic mass is 32.2.